The van der Waals surface area contributed by atoms with Crippen molar-refractivity contribution in [2.24, 2.45) is 4.99 Å². The second-order valence-electron chi connectivity index (χ2n) is 4.44. The van der Waals surface area contributed by atoms with Gasteiger partial charge in [0.1, 0.15) is 0 Å². The maximum absolute atomic E-state index is 10.2. The third kappa shape index (κ3) is 5.49. The summed E-state index contributed by atoms with van der Waals surface area (Å²) in [6.45, 7) is 1.32. The zero-order valence-corrected chi connectivity index (χ0v) is 14.9. The van der Waals surface area contributed by atoms with Crippen LogP contribution in [-0.4, -0.2) is 41.8 Å². The van der Waals surface area contributed by atoms with Gasteiger partial charge in [-0.2, -0.15) is 23.1 Å². The molecule has 1 aliphatic rings. The highest BCUT2D eigenvalue weighted by atomic mass is 127. The molecule has 0 spiro atoms. The topological polar surface area (TPSA) is 56.7 Å². The van der Waals surface area contributed by atoms with Crippen LogP contribution in [-0.2, 0) is 6.54 Å². The number of guanidine groups is 1. The molecule has 1 aromatic rings. The Bertz CT molecular complexity index is 392. The molecule has 4 nitrogen and oxygen atoms in total. The number of nitrogens with one attached hydrogen (secondary N) is 2. The maximum Gasteiger partial charge on any atom is 0.191 e. The first-order chi connectivity index (χ1) is 8.72. The highest BCUT2D eigenvalue weighted by Crippen LogP contribution is 2.26. The lowest BCUT2D eigenvalue weighted by Crippen LogP contribution is -2.47. The predicted molar refractivity (Wildman–Crippen MR) is 94.8 cm³/mol. The van der Waals surface area contributed by atoms with Crippen LogP contribution < -0.4 is 10.6 Å². The molecule has 3 N–H and O–H groups in total. The fourth-order valence-corrected chi connectivity index (χ4v) is 3.75. The number of hydrogen-bond acceptors (Lipinski definition) is 4. The van der Waals surface area contributed by atoms with Crippen LogP contribution in [0.4, 0.5) is 0 Å². The molecule has 1 saturated heterocycles. The normalized spacial score (nSPS) is 22.9. The molecule has 0 bridgehead atoms. The zero-order valence-electron chi connectivity index (χ0n) is 10.9. The molecule has 1 atom stereocenters. The van der Waals surface area contributed by atoms with E-state index in [0.29, 0.717) is 6.54 Å². The van der Waals surface area contributed by atoms with E-state index in [1.165, 1.54) is 5.56 Å². The van der Waals surface area contributed by atoms with Crippen molar-refractivity contribution >= 4 is 53.0 Å². The number of hydrogen-bond donors (Lipinski definition) is 3. The number of thiophene rings is 1. The highest BCUT2D eigenvalue weighted by Gasteiger charge is 2.31. The van der Waals surface area contributed by atoms with Gasteiger partial charge in [-0.25, -0.2) is 0 Å². The van der Waals surface area contributed by atoms with E-state index in [2.05, 4.69) is 32.5 Å². The number of halogens is 1. The van der Waals surface area contributed by atoms with Gasteiger partial charge < -0.3 is 15.7 Å². The van der Waals surface area contributed by atoms with E-state index in [-0.39, 0.29) is 24.0 Å². The second-order valence-corrected chi connectivity index (χ2v) is 6.32. The van der Waals surface area contributed by atoms with Crippen molar-refractivity contribution in [1.82, 2.24) is 10.6 Å². The number of aliphatic hydroxyl groups is 1. The molecule has 0 aromatic carbocycles. The fraction of sp³-hybridized carbons (Fsp3) is 0.583. The van der Waals surface area contributed by atoms with Crippen LogP contribution >= 0.6 is 47.1 Å². The largest absolute Gasteiger partial charge is 0.387 e. The Morgan fingerprint density at radius 3 is 2.95 bits per heavy atom. The molecule has 7 heteroatoms. The molecular weight excluding hydrogens is 393 g/mol. The summed E-state index contributed by atoms with van der Waals surface area (Å²) in [4.78, 5) is 4.16. The van der Waals surface area contributed by atoms with Gasteiger partial charge in [-0.1, -0.05) is 0 Å². The molecule has 2 heterocycles. The molecule has 19 heavy (non-hydrogen) atoms. The fourth-order valence-electron chi connectivity index (χ4n) is 1.78. The van der Waals surface area contributed by atoms with Crippen molar-refractivity contribution < 1.29 is 5.11 Å². The van der Waals surface area contributed by atoms with Gasteiger partial charge in [-0.05, 0) is 34.6 Å². The van der Waals surface area contributed by atoms with Crippen LogP contribution in [0.2, 0.25) is 0 Å². The van der Waals surface area contributed by atoms with E-state index >= 15 is 0 Å². The van der Waals surface area contributed by atoms with Crippen molar-refractivity contribution in [1.29, 1.82) is 0 Å². The highest BCUT2D eigenvalue weighted by molar-refractivity contribution is 14.0. The standard InChI is InChI=1S/C12H19N3OS2.HI/c1-13-11(14-6-10-2-4-17-7-10)15-8-12(16)3-5-18-9-12;/h2,4,7,16H,3,5-6,8-9H2,1H3,(H2,13,14,15);1H. The first kappa shape index (κ1) is 17.1. The van der Waals surface area contributed by atoms with Crippen molar-refractivity contribution in [3.63, 3.8) is 0 Å². The Kier molecular flexibility index (Phi) is 7.48. The van der Waals surface area contributed by atoms with Crippen molar-refractivity contribution in [3.8, 4) is 0 Å². The van der Waals surface area contributed by atoms with Gasteiger partial charge in [0.15, 0.2) is 5.96 Å². The minimum atomic E-state index is -0.579. The second kappa shape index (κ2) is 8.33. The van der Waals surface area contributed by atoms with E-state index in [1.54, 1.807) is 30.1 Å². The molecule has 1 unspecified atom stereocenters. The smallest absolute Gasteiger partial charge is 0.191 e. The molecule has 108 valence electrons. The van der Waals surface area contributed by atoms with Gasteiger partial charge in [0.25, 0.3) is 0 Å². The number of nitrogens with zero attached hydrogens (tertiary/aromatic N) is 1. The van der Waals surface area contributed by atoms with Gasteiger partial charge >= 0.3 is 0 Å². The molecule has 2 rings (SSSR count). The minimum Gasteiger partial charge on any atom is -0.387 e. The van der Waals surface area contributed by atoms with Crippen LogP contribution in [0.15, 0.2) is 21.8 Å². The van der Waals surface area contributed by atoms with Crippen molar-refractivity contribution in [2.75, 3.05) is 25.1 Å². The third-order valence-electron chi connectivity index (χ3n) is 2.93. The monoisotopic (exact) mass is 413 g/mol. The molecule has 0 radical (unpaired) electrons. The van der Waals surface area contributed by atoms with Gasteiger partial charge in [0.05, 0.1) is 5.60 Å². The van der Waals surface area contributed by atoms with E-state index in [9.17, 15) is 5.11 Å². The predicted octanol–water partition coefficient (Wildman–Crippen LogP) is 1.90. The van der Waals surface area contributed by atoms with Gasteiger partial charge in [-0.15, -0.1) is 24.0 Å². The first-order valence-corrected chi connectivity index (χ1v) is 8.07. The number of thioether (sulfide) groups is 1. The zero-order chi connectivity index (χ0) is 12.8. The number of rotatable bonds is 4. The van der Waals surface area contributed by atoms with Crippen LogP contribution in [0.1, 0.15) is 12.0 Å². The summed E-state index contributed by atoms with van der Waals surface area (Å²) < 4.78 is 0. The Morgan fingerprint density at radius 1 is 1.53 bits per heavy atom. The summed E-state index contributed by atoms with van der Waals surface area (Å²) in [6.07, 6.45) is 0.853. The minimum absolute atomic E-state index is 0. The molecular formula is C12H20IN3OS2. The summed E-state index contributed by atoms with van der Waals surface area (Å²) in [5.41, 5.74) is 0.670. The van der Waals surface area contributed by atoms with Crippen LogP contribution in [0.5, 0.6) is 0 Å². The Morgan fingerprint density at radius 2 is 2.37 bits per heavy atom. The molecule has 0 saturated carbocycles. The Labute approximate surface area is 139 Å². The lowest BCUT2D eigenvalue weighted by Gasteiger charge is -2.23. The quantitative estimate of drug-likeness (QED) is 0.401. The lowest BCUT2D eigenvalue weighted by atomic mass is 10.0. The van der Waals surface area contributed by atoms with E-state index in [0.717, 1.165) is 30.4 Å². The van der Waals surface area contributed by atoms with E-state index in [1.807, 2.05) is 0 Å². The summed E-state index contributed by atoms with van der Waals surface area (Å²) in [6, 6.07) is 2.09. The Balaban J connectivity index is 0.00000180. The van der Waals surface area contributed by atoms with Gasteiger partial charge in [0.2, 0.25) is 0 Å². The summed E-state index contributed by atoms with van der Waals surface area (Å²) in [7, 11) is 1.75. The lowest BCUT2D eigenvalue weighted by molar-refractivity contribution is 0.0724. The summed E-state index contributed by atoms with van der Waals surface area (Å²) in [5, 5.41) is 20.8. The molecule has 0 aliphatic carbocycles. The molecule has 1 aliphatic heterocycles. The summed E-state index contributed by atoms with van der Waals surface area (Å²) in [5.74, 6) is 2.59. The first-order valence-electron chi connectivity index (χ1n) is 5.98. The summed E-state index contributed by atoms with van der Waals surface area (Å²) >= 11 is 3.49. The average Bonchev–Trinajstić information content (AvgIpc) is 3.01. The van der Waals surface area contributed by atoms with Gasteiger partial charge in [0, 0.05) is 25.9 Å². The molecule has 0 amide bonds. The van der Waals surface area contributed by atoms with Crippen LogP contribution in [0.3, 0.4) is 0 Å². The van der Waals surface area contributed by atoms with Crippen LogP contribution in [0, 0.1) is 0 Å². The van der Waals surface area contributed by atoms with Crippen molar-refractivity contribution in [3.05, 3.63) is 22.4 Å². The maximum atomic E-state index is 10.2. The SMILES string of the molecule is CN=C(NCc1ccsc1)NCC1(O)CCSC1.I. The average molecular weight is 413 g/mol. The van der Waals surface area contributed by atoms with Crippen molar-refractivity contribution in [2.45, 2.75) is 18.6 Å². The third-order valence-corrected chi connectivity index (χ3v) is 4.90. The van der Waals surface area contributed by atoms with Gasteiger partial charge in [-0.3, -0.25) is 4.99 Å². The molecule has 1 fully saturated rings. The number of aliphatic imine (C=N–C) groups is 1. The Hall–Kier alpha value is 0.01000. The molecule has 1 aromatic heterocycles. The van der Waals surface area contributed by atoms with E-state index in [4.69, 9.17) is 0 Å². The van der Waals surface area contributed by atoms with Crippen LogP contribution in [0.25, 0.3) is 0 Å². The van der Waals surface area contributed by atoms with E-state index < -0.39 is 5.60 Å².